The second kappa shape index (κ2) is 40.0. The van der Waals surface area contributed by atoms with E-state index >= 15 is 0 Å². The van der Waals surface area contributed by atoms with Crippen LogP contribution in [0.25, 0.3) is 0 Å². The molecule has 46 heavy (non-hydrogen) atoms. The van der Waals surface area contributed by atoms with Gasteiger partial charge in [-0.2, -0.15) is 0 Å². The number of carbonyl (C=O) groups is 2. The fraction of sp³-hybridized carbons (Fsp3) is 0.950. The van der Waals surface area contributed by atoms with Crippen LogP contribution in [0.15, 0.2) is 0 Å². The summed E-state index contributed by atoms with van der Waals surface area (Å²) in [5.74, 6) is -0.349. The predicted octanol–water partition coefficient (Wildman–Crippen LogP) is 11.3. The molecule has 0 heterocycles. The van der Waals surface area contributed by atoms with E-state index in [1.54, 1.807) is 0 Å². The largest absolute Gasteiger partial charge is 0.463 e. The van der Waals surface area contributed by atoms with Crippen LogP contribution >= 0.6 is 0 Å². The Balaban J connectivity index is 3.09. The Hall–Kier alpha value is -1.14. The third-order valence-corrected chi connectivity index (χ3v) is 9.22. The summed E-state index contributed by atoms with van der Waals surface area (Å²) in [7, 11) is 0. The zero-order valence-electron chi connectivity index (χ0n) is 30.4. The van der Waals surface area contributed by atoms with Gasteiger partial charge in [-0.25, -0.2) is 0 Å². The Labute approximate surface area is 285 Å². The molecular weight excluding hydrogens is 576 g/mol. The van der Waals surface area contributed by atoms with Crippen LogP contribution in [0.1, 0.15) is 218 Å². The second-order valence-corrected chi connectivity index (χ2v) is 13.7. The molecule has 0 aliphatic carbocycles. The normalized spacial score (nSPS) is 11.3. The van der Waals surface area contributed by atoms with Crippen LogP contribution in [-0.4, -0.2) is 48.6 Å². The molecule has 0 amide bonds. The average Bonchev–Trinajstić information content (AvgIpc) is 3.06. The molecule has 0 aliphatic heterocycles. The number of rotatable bonds is 39. The topological polar surface area (TPSA) is 93.1 Å². The SMILES string of the molecule is O=C(CCCCCCCCCCCCCCCCCCCCCCCCCCCCCCCCCCC(=O)OCCO)OCCO. The molecule has 0 saturated heterocycles. The molecule has 274 valence electrons. The number of unbranched alkanes of at least 4 members (excludes halogenated alkanes) is 31. The van der Waals surface area contributed by atoms with Gasteiger partial charge in [0.1, 0.15) is 13.2 Å². The van der Waals surface area contributed by atoms with Gasteiger partial charge < -0.3 is 19.7 Å². The summed E-state index contributed by atoms with van der Waals surface area (Å²) >= 11 is 0. The van der Waals surface area contributed by atoms with Crippen LogP contribution in [0.4, 0.5) is 0 Å². The highest BCUT2D eigenvalue weighted by Gasteiger charge is 2.03. The summed E-state index contributed by atoms with van der Waals surface area (Å²) in [6.07, 6.45) is 43.9. The van der Waals surface area contributed by atoms with E-state index in [0.29, 0.717) is 12.8 Å². The fourth-order valence-corrected chi connectivity index (χ4v) is 6.31. The molecule has 0 unspecified atom stereocenters. The second-order valence-electron chi connectivity index (χ2n) is 13.7. The molecular formula is C40H78O6. The molecule has 0 fully saturated rings. The zero-order chi connectivity index (χ0) is 33.4. The van der Waals surface area contributed by atoms with E-state index < -0.39 is 0 Å². The number of carbonyl (C=O) groups excluding carboxylic acids is 2. The maximum absolute atomic E-state index is 11.3. The molecule has 0 bridgehead atoms. The van der Waals surface area contributed by atoms with E-state index in [0.717, 1.165) is 25.7 Å². The summed E-state index contributed by atoms with van der Waals surface area (Å²) in [4.78, 5) is 22.7. The van der Waals surface area contributed by atoms with Crippen molar-refractivity contribution in [2.24, 2.45) is 0 Å². The lowest BCUT2D eigenvalue weighted by Crippen LogP contribution is -2.07. The minimum Gasteiger partial charge on any atom is -0.463 e. The van der Waals surface area contributed by atoms with Gasteiger partial charge >= 0.3 is 11.9 Å². The van der Waals surface area contributed by atoms with E-state index in [1.807, 2.05) is 0 Å². The smallest absolute Gasteiger partial charge is 0.305 e. The molecule has 0 aromatic carbocycles. The monoisotopic (exact) mass is 655 g/mol. The van der Waals surface area contributed by atoms with Crippen molar-refractivity contribution < 1.29 is 29.3 Å². The van der Waals surface area contributed by atoms with Gasteiger partial charge in [0, 0.05) is 12.8 Å². The third kappa shape index (κ3) is 39.0. The number of ether oxygens (including phenoxy) is 2. The van der Waals surface area contributed by atoms with E-state index in [4.69, 9.17) is 19.7 Å². The lowest BCUT2D eigenvalue weighted by Gasteiger charge is -2.05. The average molecular weight is 655 g/mol. The molecule has 0 radical (unpaired) electrons. The fourth-order valence-electron chi connectivity index (χ4n) is 6.31. The Morgan fingerprint density at radius 1 is 0.283 bits per heavy atom. The van der Waals surface area contributed by atoms with E-state index in [-0.39, 0.29) is 38.4 Å². The Kier molecular flexibility index (Phi) is 39.0. The van der Waals surface area contributed by atoms with Crippen LogP contribution in [0.3, 0.4) is 0 Å². The summed E-state index contributed by atoms with van der Waals surface area (Å²) in [6, 6.07) is 0. The van der Waals surface area contributed by atoms with Crippen molar-refractivity contribution in [1.29, 1.82) is 0 Å². The summed E-state index contributed by atoms with van der Waals surface area (Å²) in [6.45, 7) is 0.0905. The molecule has 2 N–H and O–H groups in total. The molecule has 0 aromatic rings. The van der Waals surface area contributed by atoms with Crippen LogP contribution in [0, 0.1) is 0 Å². The molecule has 6 heteroatoms. The van der Waals surface area contributed by atoms with Crippen LogP contribution in [-0.2, 0) is 19.1 Å². The first-order chi connectivity index (χ1) is 22.7. The molecule has 0 rings (SSSR count). The number of hydrogen-bond donors (Lipinski definition) is 2. The van der Waals surface area contributed by atoms with Crippen molar-refractivity contribution in [3.63, 3.8) is 0 Å². The highest BCUT2D eigenvalue weighted by molar-refractivity contribution is 5.69. The Morgan fingerprint density at radius 2 is 0.435 bits per heavy atom. The van der Waals surface area contributed by atoms with Gasteiger partial charge in [-0.15, -0.1) is 0 Å². The van der Waals surface area contributed by atoms with Crippen LogP contribution in [0.2, 0.25) is 0 Å². The van der Waals surface area contributed by atoms with Crippen molar-refractivity contribution in [1.82, 2.24) is 0 Å². The number of aliphatic hydroxyl groups excluding tert-OH is 2. The van der Waals surface area contributed by atoms with Gasteiger partial charge in [-0.3, -0.25) is 9.59 Å². The van der Waals surface area contributed by atoms with Gasteiger partial charge in [0.2, 0.25) is 0 Å². The standard InChI is InChI=1S/C40H78O6/c41-35-37-45-39(43)33-31-29-27-25-23-21-19-17-15-13-11-9-7-5-3-1-2-4-6-8-10-12-14-16-18-20-22-24-26-28-30-32-34-40(44)46-38-36-42/h41-42H,1-38H2. The first kappa shape index (κ1) is 44.9. The number of hydrogen-bond acceptors (Lipinski definition) is 6. The zero-order valence-corrected chi connectivity index (χ0v) is 30.4. The molecule has 0 spiro atoms. The van der Waals surface area contributed by atoms with Gasteiger partial charge in [0.25, 0.3) is 0 Å². The molecule has 0 aromatic heterocycles. The van der Waals surface area contributed by atoms with Crippen molar-refractivity contribution in [3.8, 4) is 0 Å². The van der Waals surface area contributed by atoms with Gasteiger partial charge in [-0.1, -0.05) is 193 Å². The van der Waals surface area contributed by atoms with Gasteiger partial charge in [-0.05, 0) is 12.8 Å². The Morgan fingerprint density at radius 3 is 0.587 bits per heavy atom. The maximum Gasteiger partial charge on any atom is 0.305 e. The molecule has 0 atom stereocenters. The lowest BCUT2D eigenvalue weighted by molar-refractivity contribution is -0.145. The Bertz CT molecular complexity index is 559. The lowest BCUT2D eigenvalue weighted by atomic mass is 10.0. The highest BCUT2D eigenvalue weighted by atomic mass is 16.5. The van der Waals surface area contributed by atoms with Crippen LogP contribution in [0.5, 0.6) is 0 Å². The number of aliphatic hydroxyl groups is 2. The predicted molar refractivity (Wildman–Crippen MR) is 193 cm³/mol. The minimum atomic E-state index is -0.174. The summed E-state index contributed by atoms with van der Waals surface area (Å²) in [5.41, 5.74) is 0. The highest BCUT2D eigenvalue weighted by Crippen LogP contribution is 2.17. The maximum atomic E-state index is 11.3. The van der Waals surface area contributed by atoms with Crippen molar-refractivity contribution in [3.05, 3.63) is 0 Å². The van der Waals surface area contributed by atoms with Crippen molar-refractivity contribution >= 4 is 11.9 Å². The van der Waals surface area contributed by atoms with E-state index in [9.17, 15) is 9.59 Å². The number of esters is 2. The summed E-state index contributed by atoms with van der Waals surface area (Å²) < 4.78 is 9.74. The quantitative estimate of drug-likeness (QED) is 0.0506. The van der Waals surface area contributed by atoms with E-state index in [1.165, 1.54) is 180 Å². The van der Waals surface area contributed by atoms with Gasteiger partial charge in [0.05, 0.1) is 13.2 Å². The first-order valence-corrected chi connectivity index (χ1v) is 20.2. The first-order valence-electron chi connectivity index (χ1n) is 20.2. The molecule has 0 aliphatic rings. The van der Waals surface area contributed by atoms with Crippen molar-refractivity contribution in [2.75, 3.05) is 26.4 Å². The van der Waals surface area contributed by atoms with E-state index in [2.05, 4.69) is 0 Å². The minimum absolute atomic E-state index is 0.0849. The van der Waals surface area contributed by atoms with Crippen molar-refractivity contribution in [2.45, 2.75) is 218 Å². The van der Waals surface area contributed by atoms with Crippen LogP contribution < -0.4 is 0 Å². The van der Waals surface area contributed by atoms with Gasteiger partial charge in [0.15, 0.2) is 0 Å². The summed E-state index contributed by atoms with van der Waals surface area (Å²) in [5, 5.41) is 17.3. The third-order valence-electron chi connectivity index (χ3n) is 9.22. The molecule has 6 nitrogen and oxygen atoms in total. The molecule has 0 saturated carbocycles.